The number of alkyl halides is 3. The van der Waals surface area contributed by atoms with Crippen LogP contribution >= 0.6 is 0 Å². The molecule has 3 rings (SSSR count). The molecule has 0 saturated carbocycles. The number of nitrogens with zero attached hydrogens (tertiary/aromatic N) is 1. The van der Waals surface area contributed by atoms with E-state index in [0.29, 0.717) is 10.8 Å². The summed E-state index contributed by atoms with van der Waals surface area (Å²) < 4.78 is 53.8. The summed E-state index contributed by atoms with van der Waals surface area (Å²) in [6.45, 7) is -0.0272. The minimum absolute atomic E-state index is 0.00722. The average Bonchev–Trinajstić information content (AvgIpc) is 2.83. The van der Waals surface area contributed by atoms with Crippen LogP contribution in [0, 0.1) is 5.82 Å². The van der Waals surface area contributed by atoms with Crippen LogP contribution in [-0.4, -0.2) is 23.6 Å². The molecule has 7 heteroatoms. The van der Waals surface area contributed by atoms with E-state index in [4.69, 9.17) is 0 Å². The van der Waals surface area contributed by atoms with Gasteiger partial charge in [-0.15, -0.1) is 0 Å². The summed E-state index contributed by atoms with van der Waals surface area (Å²) in [5.74, 6) is -0.955. The van der Waals surface area contributed by atoms with Crippen LogP contribution in [0.5, 0.6) is 0 Å². The molecule has 1 aliphatic rings. The minimum Gasteiger partial charge on any atom is -0.288 e. The molecule has 0 aromatic heterocycles. The van der Waals surface area contributed by atoms with Crippen LogP contribution in [0.1, 0.15) is 18.0 Å². The maximum absolute atomic E-state index is 13.5. The highest BCUT2D eigenvalue weighted by Crippen LogP contribution is 2.40. The maximum Gasteiger partial charge on any atom is 0.409 e. The minimum atomic E-state index is -4.57. The first-order valence-electron chi connectivity index (χ1n) is 6.67. The van der Waals surface area contributed by atoms with E-state index in [0.717, 1.165) is 11.1 Å². The van der Waals surface area contributed by atoms with Gasteiger partial charge in [0.05, 0.1) is 0 Å². The molecule has 0 aliphatic carbocycles. The van der Waals surface area contributed by atoms with Crippen LogP contribution in [-0.2, 0) is 4.79 Å². The van der Waals surface area contributed by atoms with Gasteiger partial charge in [0.2, 0.25) is 5.91 Å². The van der Waals surface area contributed by atoms with Crippen molar-refractivity contribution in [3.05, 3.63) is 47.8 Å². The number of hydrogen-bond donors (Lipinski definition) is 1. The Morgan fingerprint density at radius 3 is 2.59 bits per heavy atom. The highest BCUT2D eigenvalue weighted by Gasteiger charge is 2.47. The number of benzene rings is 2. The molecule has 2 aromatic rings. The fourth-order valence-corrected chi connectivity index (χ4v) is 2.73. The van der Waals surface area contributed by atoms with Crippen LogP contribution in [0.2, 0.25) is 0 Å². The Balaban J connectivity index is 2.14. The number of halogens is 4. The zero-order valence-corrected chi connectivity index (χ0v) is 11.3. The Hall–Kier alpha value is -2.15. The van der Waals surface area contributed by atoms with E-state index in [1.54, 1.807) is 6.07 Å². The van der Waals surface area contributed by atoms with Gasteiger partial charge in [0, 0.05) is 13.0 Å². The van der Waals surface area contributed by atoms with Gasteiger partial charge in [-0.1, -0.05) is 24.3 Å². The smallest absolute Gasteiger partial charge is 0.288 e. The molecular weight excluding hydrogens is 300 g/mol. The van der Waals surface area contributed by atoms with Gasteiger partial charge in [-0.05, 0) is 28.5 Å². The monoisotopic (exact) mass is 312 g/mol. The van der Waals surface area contributed by atoms with E-state index in [2.05, 4.69) is 5.43 Å². The first-order chi connectivity index (χ1) is 10.4. The van der Waals surface area contributed by atoms with Crippen LogP contribution < -0.4 is 5.43 Å². The van der Waals surface area contributed by atoms with E-state index >= 15 is 0 Å². The van der Waals surface area contributed by atoms with Gasteiger partial charge in [0.1, 0.15) is 5.82 Å². The van der Waals surface area contributed by atoms with Gasteiger partial charge < -0.3 is 0 Å². The van der Waals surface area contributed by atoms with Crippen LogP contribution in [0.3, 0.4) is 0 Å². The van der Waals surface area contributed by atoms with E-state index < -0.39 is 23.9 Å². The number of hydrazine groups is 1. The third-order valence-electron chi connectivity index (χ3n) is 3.64. The molecule has 1 fully saturated rings. The van der Waals surface area contributed by atoms with Crippen molar-refractivity contribution in [2.75, 3.05) is 6.54 Å². The van der Waals surface area contributed by atoms with Crippen LogP contribution in [0.4, 0.5) is 17.6 Å². The van der Waals surface area contributed by atoms with E-state index in [1.807, 2.05) is 0 Å². The summed E-state index contributed by atoms with van der Waals surface area (Å²) in [4.78, 5) is 11.3. The SMILES string of the molecule is O=C1CCN([C@@H](c2cccc3cc(F)ccc23)C(F)(F)F)N1. The van der Waals surface area contributed by atoms with Gasteiger partial charge in [0.15, 0.2) is 6.04 Å². The standard InChI is InChI=1S/C15H12F4N2O/c16-10-4-5-11-9(8-10)2-1-3-12(11)14(15(17,18)19)21-7-6-13(22)20-21/h1-5,8,14H,6-7H2,(H,20,22)/t14-/m0/s1. The summed E-state index contributed by atoms with van der Waals surface area (Å²) in [5.41, 5.74) is 2.23. The third-order valence-corrected chi connectivity index (χ3v) is 3.64. The summed E-state index contributed by atoms with van der Waals surface area (Å²) >= 11 is 0. The molecule has 3 nitrogen and oxygen atoms in total. The zero-order valence-electron chi connectivity index (χ0n) is 11.3. The Morgan fingerprint density at radius 1 is 1.18 bits per heavy atom. The molecule has 0 unspecified atom stereocenters. The molecule has 22 heavy (non-hydrogen) atoms. The molecule has 2 aromatic carbocycles. The lowest BCUT2D eigenvalue weighted by atomic mass is 9.98. The van der Waals surface area contributed by atoms with Crippen molar-refractivity contribution in [3.63, 3.8) is 0 Å². The van der Waals surface area contributed by atoms with Crippen molar-refractivity contribution >= 4 is 16.7 Å². The second kappa shape index (κ2) is 5.24. The molecule has 1 N–H and O–H groups in total. The Kier molecular flexibility index (Phi) is 3.52. The first kappa shape index (κ1) is 14.8. The number of carbonyl (C=O) groups is 1. The van der Waals surface area contributed by atoms with Crippen molar-refractivity contribution < 1.29 is 22.4 Å². The van der Waals surface area contributed by atoms with Gasteiger partial charge in [-0.25, -0.2) is 9.40 Å². The lowest BCUT2D eigenvalue weighted by Crippen LogP contribution is -2.43. The quantitative estimate of drug-likeness (QED) is 0.863. The molecule has 1 amide bonds. The molecule has 1 heterocycles. The Bertz CT molecular complexity index is 729. The van der Waals surface area contributed by atoms with E-state index in [9.17, 15) is 22.4 Å². The van der Waals surface area contributed by atoms with Crippen molar-refractivity contribution in [3.8, 4) is 0 Å². The zero-order chi connectivity index (χ0) is 15.9. The predicted molar refractivity (Wildman–Crippen MR) is 72.2 cm³/mol. The van der Waals surface area contributed by atoms with Gasteiger partial charge in [-0.2, -0.15) is 13.2 Å². The van der Waals surface area contributed by atoms with Gasteiger partial charge in [-0.3, -0.25) is 10.2 Å². The van der Waals surface area contributed by atoms with E-state index in [1.165, 1.54) is 24.3 Å². The number of amides is 1. The van der Waals surface area contributed by atoms with E-state index in [-0.39, 0.29) is 18.5 Å². The fourth-order valence-electron chi connectivity index (χ4n) is 2.73. The third kappa shape index (κ3) is 2.64. The number of hydrogen-bond acceptors (Lipinski definition) is 2. The maximum atomic E-state index is 13.5. The molecule has 116 valence electrons. The fraction of sp³-hybridized carbons (Fsp3) is 0.267. The first-order valence-corrected chi connectivity index (χ1v) is 6.67. The summed E-state index contributed by atoms with van der Waals surface area (Å²) in [5, 5.41) is 1.59. The summed E-state index contributed by atoms with van der Waals surface area (Å²) in [6.07, 6.45) is -4.55. The van der Waals surface area contributed by atoms with Crippen molar-refractivity contribution in [2.45, 2.75) is 18.6 Å². The molecule has 1 saturated heterocycles. The number of nitrogens with one attached hydrogen (secondary N) is 1. The number of fused-ring (bicyclic) bond motifs is 1. The molecular formula is C15H12F4N2O. The number of carbonyl (C=O) groups excluding carboxylic acids is 1. The molecule has 1 aliphatic heterocycles. The van der Waals surface area contributed by atoms with Crippen LogP contribution in [0.15, 0.2) is 36.4 Å². The topological polar surface area (TPSA) is 32.3 Å². The Morgan fingerprint density at radius 2 is 1.95 bits per heavy atom. The second-order valence-electron chi connectivity index (χ2n) is 5.14. The summed E-state index contributed by atoms with van der Waals surface area (Å²) in [7, 11) is 0. The largest absolute Gasteiger partial charge is 0.409 e. The molecule has 0 bridgehead atoms. The van der Waals surface area contributed by atoms with Crippen molar-refractivity contribution in [1.29, 1.82) is 0 Å². The predicted octanol–water partition coefficient (Wildman–Crippen LogP) is 3.32. The highest BCUT2D eigenvalue weighted by molar-refractivity contribution is 5.86. The Labute approximate surface area is 123 Å². The molecule has 0 spiro atoms. The average molecular weight is 312 g/mol. The second-order valence-corrected chi connectivity index (χ2v) is 5.14. The van der Waals surface area contributed by atoms with Gasteiger partial charge in [0.25, 0.3) is 0 Å². The lowest BCUT2D eigenvalue weighted by molar-refractivity contribution is -0.190. The normalized spacial score (nSPS) is 17.7. The highest BCUT2D eigenvalue weighted by atomic mass is 19.4. The molecule has 0 radical (unpaired) electrons. The number of rotatable bonds is 2. The summed E-state index contributed by atoms with van der Waals surface area (Å²) in [6, 6.07) is 6.04. The van der Waals surface area contributed by atoms with Crippen molar-refractivity contribution in [1.82, 2.24) is 10.4 Å². The van der Waals surface area contributed by atoms with Gasteiger partial charge >= 0.3 is 6.18 Å². The van der Waals surface area contributed by atoms with Crippen molar-refractivity contribution in [2.24, 2.45) is 0 Å². The lowest BCUT2D eigenvalue weighted by Gasteiger charge is -2.30. The molecule has 1 atom stereocenters. The van der Waals surface area contributed by atoms with Crippen LogP contribution in [0.25, 0.3) is 10.8 Å².